The van der Waals surface area contributed by atoms with Gasteiger partial charge >= 0.3 is 11.9 Å². The van der Waals surface area contributed by atoms with E-state index in [-0.39, 0.29) is 18.1 Å². The summed E-state index contributed by atoms with van der Waals surface area (Å²) >= 11 is 0. The molecule has 0 aliphatic rings. The molecular weight excluding hydrogens is 324 g/mol. The molecule has 0 aliphatic carbocycles. The maximum Gasteiger partial charge on any atom is 0.334 e. The smallest absolute Gasteiger partial charge is 0.334 e. The van der Waals surface area contributed by atoms with Gasteiger partial charge in [-0.3, -0.25) is 4.79 Å². The Labute approximate surface area is 148 Å². The van der Waals surface area contributed by atoms with Crippen LogP contribution in [0.4, 0.5) is 0 Å². The first kappa shape index (κ1) is 20.8. The lowest BCUT2D eigenvalue weighted by atomic mass is 10.1. The Bertz CT molecular complexity index is 545. The molecule has 0 fully saturated rings. The van der Waals surface area contributed by atoms with Gasteiger partial charge in [0, 0.05) is 12.0 Å². The summed E-state index contributed by atoms with van der Waals surface area (Å²) < 4.78 is 10.5. The highest BCUT2D eigenvalue weighted by molar-refractivity contribution is 5.93. The number of hydrogen-bond acceptors (Lipinski definition) is 7. The zero-order valence-electron chi connectivity index (χ0n) is 15.3. The number of aromatic nitrogens is 4. The highest BCUT2D eigenvalue weighted by Crippen LogP contribution is 2.11. The molecule has 0 saturated carbocycles. The third-order valence-electron chi connectivity index (χ3n) is 3.62. The Morgan fingerprint density at radius 3 is 2.56 bits per heavy atom. The van der Waals surface area contributed by atoms with E-state index in [1.807, 2.05) is 6.92 Å². The zero-order chi connectivity index (χ0) is 18.7. The van der Waals surface area contributed by atoms with Crippen molar-refractivity contribution in [3.05, 3.63) is 18.0 Å². The Kier molecular flexibility index (Phi) is 9.42. The van der Waals surface area contributed by atoms with Crippen LogP contribution in [0.2, 0.25) is 0 Å². The van der Waals surface area contributed by atoms with Crippen LogP contribution in [0, 0.1) is 0 Å². The van der Waals surface area contributed by atoms with E-state index >= 15 is 0 Å². The second kappa shape index (κ2) is 11.3. The van der Waals surface area contributed by atoms with Crippen molar-refractivity contribution in [2.24, 2.45) is 0 Å². The van der Waals surface area contributed by atoms with Gasteiger partial charge in [0.15, 0.2) is 5.82 Å². The molecule has 0 saturated heterocycles. The molecule has 0 radical (unpaired) electrons. The molecule has 0 aliphatic heterocycles. The number of ether oxygens (including phenoxy) is 2. The van der Waals surface area contributed by atoms with E-state index < -0.39 is 18.0 Å². The fraction of sp³-hybridized carbons (Fsp3) is 0.706. The average Bonchev–Trinajstić information content (AvgIpc) is 3.04. The van der Waals surface area contributed by atoms with Crippen LogP contribution in [0.15, 0.2) is 12.2 Å². The molecule has 2 unspecified atom stereocenters. The van der Waals surface area contributed by atoms with Crippen LogP contribution in [0.5, 0.6) is 0 Å². The molecule has 2 atom stereocenters. The third-order valence-corrected chi connectivity index (χ3v) is 3.62. The first-order chi connectivity index (χ1) is 11.9. The summed E-state index contributed by atoms with van der Waals surface area (Å²) in [6, 6.07) is 0. The van der Waals surface area contributed by atoms with Crippen molar-refractivity contribution in [1.82, 2.24) is 20.6 Å². The summed E-state index contributed by atoms with van der Waals surface area (Å²) in [5.74, 6) is -0.563. The highest BCUT2D eigenvalue weighted by Gasteiger charge is 2.19. The van der Waals surface area contributed by atoms with Gasteiger partial charge in [-0.2, -0.15) is 0 Å². The van der Waals surface area contributed by atoms with Crippen LogP contribution in [0.3, 0.4) is 0 Å². The molecule has 0 spiro atoms. The Morgan fingerprint density at radius 1 is 1.16 bits per heavy atom. The van der Waals surface area contributed by atoms with Gasteiger partial charge in [0.2, 0.25) is 0 Å². The van der Waals surface area contributed by atoms with Crippen molar-refractivity contribution in [3.63, 3.8) is 0 Å². The molecule has 8 nitrogen and oxygen atoms in total. The number of unbranched alkanes of at least 4 members (excludes halogenated alkanes) is 3. The largest absolute Gasteiger partial charge is 0.462 e. The minimum absolute atomic E-state index is 0.0747. The summed E-state index contributed by atoms with van der Waals surface area (Å²) in [4.78, 5) is 23.8. The Balaban J connectivity index is 2.26. The summed E-state index contributed by atoms with van der Waals surface area (Å²) in [5.41, 5.74) is 0.0747. The molecule has 1 aromatic rings. The number of rotatable bonds is 12. The molecule has 0 bridgehead atoms. The molecule has 1 aromatic heterocycles. The first-order valence-electron chi connectivity index (χ1n) is 8.73. The number of aromatic amines is 1. The molecule has 0 amide bonds. The van der Waals surface area contributed by atoms with E-state index in [1.54, 1.807) is 6.92 Å². The molecule has 0 aromatic carbocycles. The lowest BCUT2D eigenvalue weighted by Crippen LogP contribution is -2.21. The fourth-order valence-corrected chi connectivity index (χ4v) is 2.28. The number of hydrogen-bond donors (Lipinski definition) is 1. The van der Waals surface area contributed by atoms with Crippen LogP contribution in [0.25, 0.3) is 0 Å². The second-order valence-electron chi connectivity index (χ2n) is 6.20. The number of nitrogens with one attached hydrogen (secondary N) is 1. The van der Waals surface area contributed by atoms with Gasteiger partial charge in [0.1, 0.15) is 6.10 Å². The maximum atomic E-state index is 12.0. The number of H-pyrrole nitrogens is 1. The van der Waals surface area contributed by atoms with Crippen molar-refractivity contribution >= 4 is 11.9 Å². The van der Waals surface area contributed by atoms with E-state index in [0.717, 1.165) is 19.3 Å². The monoisotopic (exact) mass is 352 g/mol. The summed E-state index contributed by atoms with van der Waals surface area (Å²) in [6.45, 7) is 9.34. The van der Waals surface area contributed by atoms with Gasteiger partial charge in [-0.25, -0.2) is 9.89 Å². The number of esters is 2. The quantitative estimate of drug-likeness (QED) is 0.350. The van der Waals surface area contributed by atoms with E-state index in [2.05, 4.69) is 34.1 Å². The lowest BCUT2D eigenvalue weighted by molar-refractivity contribution is -0.151. The van der Waals surface area contributed by atoms with Crippen molar-refractivity contribution in [3.8, 4) is 0 Å². The number of carbonyl (C=O) groups is 2. The maximum absolute atomic E-state index is 12.0. The molecular formula is C17H28N4O4. The lowest BCUT2D eigenvalue weighted by Gasteiger charge is -2.15. The van der Waals surface area contributed by atoms with Crippen molar-refractivity contribution < 1.29 is 19.1 Å². The van der Waals surface area contributed by atoms with Gasteiger partial charge in [0.25, 0.3) is 0 Å². The zero-order valence-corrected chi connectivity index (χ0v) is 15.3. The van der Waals surface area contributed by atoms with Crippen molar-refractivity contribution in [2.45, 2.75) is 77.9 Å². The van der Waals surface area contributed by atoms with Crippen LogP contribution in [-0.4, -0.2) is 44.8 Å². The van der Waals surface area contributed by atoms with E-state index in [1.165, 1.54) is 12.8 Å². The minimum Gasteiger partial charge on any atom is -0.462 e. The van der Waals surface area contributed by atoms with Crippen LogP contribution in [0.1, 0.15) is 65.1 Å². The number of tetrazole rings is 1. The summed E-state index contributed by atoms with van der Waals surface area (Å²) in [7, 11) is 0. The number of carbonyl (C=O) groups excluding carboxylic acids is 2. The summed E-state index contributed by atoms with van der Waals surface area (Å²) in [6.07, 6.45) is 4.92. The van der Waals surface area contributed by atoms with Crippen molar-refractivity contribution in [1.29, 1.82) is 0 Å². The highest BCUT2D eigenvalue weighted by atomic mass is 16.5. The summed E-state index contributed by atoms with van der Waals surface area (Å²) in [5, 5.41) is 13.2. The van der Waals surface area contributed by atoms with Gasteiger partial charge in [-0.1, -0.05) is 32.8 Å². The van der Waals surface area contributed by atoms with E-state index in [0.29, 0.717) is 12.2 Å². The molecule has 1 rings (SSSR count). The molecule has 1 N–H and O–H groups in total. The van der Waals surface area contributed by atoms with Crippen LogP contribution in [-0.2, 0) is 25.5 Å². The molecule has 25 heavy (non-hydrogen) atoms. The van der Waals surface area contributed by atoms with Crippen molar-refractivity contribution in [2.75, 3.05) is 0 Å². The fourth-order valence-electron chi connectivity index (χ4n) is 2.28. The minimum atomic E-state index is -0.618. The molecule has 1 heterocycles. The van der Waals surface area contributed by atoms with Gasteiger partial charge in [-0.15, -0.1) is 5.10 Å². The molecule has 8 heteroatoms. The Hall–Kier alpha value is -2.25. The van der Waals surface area contributed by atoms with Crippen LogP contribution < -0.4 is 0 Å². The molecule has 140 valence electrons. The predicted molar refractivity (Wildman–Crippen MR) is 91.5 cm³/mol. The average molecular weight is 352 g/mol. The van der Waals surface area contributed by atoms with Gasteiger partial charge < -0.3 is 9.47 Å². The van der Waals surface area contributed by atoms with Gasteiger partial charge in [0.05, 0.1) is 12.5 Å². The predicted octanol–water partition coefficient (Wildman–Crippen LogP) is 2.52. The van der Waals surface area contributed by atoms with Gasteiger partial charge in [-0.05, 0) is 37.1 Å². The topological polar surface area (TPSA) is 107 Å². The normalized spacial score (nSPS) is 13.1. The third kappa shape index (κ3) is 8.97. The Morgan fingerprint density at radius 2 is 1.92 bits per heavy atom. The second-order valence-corrected chi connectivity index (χ2v) is 6.20. The van der Waals surface area contributed by atoms with E-state index in [4.69, 9.17) is 9.47 Å². The van der Waals surface area contributed by atoms with Crippen LogP contribution >= 0.6 is 0 Å². The first-order valence-corrected chi connectivity index (χ1v) is 8.73. The SMILES string of the molecule is C=C(CC(=O)OC(C)CCCCCC)C(=O)OC(C)Cc1nnn[nH]1. The standard InChI is InChI=1S/C17H28N4O4/c1-5-6-7-8-9-13(3)24-16(22)10-12(2)17(23)25-14(4)11-15-18-20-21-19-15/h13-14H,2,5-11H2,1,3-4H3,(H,18,19,20,21). The van der Waals surface area contributed by atoms with E-state index in [9.17, 15) is 9.59 Å². The number of nitrogens with zero attached hydrogens (tertiary/aromatic N) is 3.